The molecule has 19 heavy (non-hydrogen) atoms. The van der Waals surface area contributed by atoms with Crippen molar-refractivity contribution < 1.29 is 9.53 Å². The minimum absolute atomic E-state index is 0.0210. The number of nitrogens with two attached hydrogens (primary N) is 1. The van der Waals surface area contributed by atoms with E-state index in [1.807, 2.05) is 19.1 Å². The molecule has 2 rings (SSSR count). The van der Waals surface area contributed by atoms with Gasteiger partial charge in [-0.3, -0.25) is 4.79 Å². The van der Waals surface area contributed by atoms with E-state index >= 15 is 0 Å². The molecule has 1 fully saturated rings. The van der Waals surface area contributed by atoms with Crippen LogP contribution in [0.4, 0.5) is 0 Å². The third-order valence-corrected chi connectivity index (χ3v) is 3.94. The molecule has 0 bridgehead atoms. The van der Waals surface area contributed by atoms with Crippen molar-refractivity contribution in [1.29, 1.82) is 0 Å². The Labute approximate surface area is 117 Å². The number of carbonyl (C=O) groups excluding carboxylic acids is 1. The lowest BCUT2D eigenvalue weighted by molar-refractivity contribution is -0.131. The van der Waals surface area contributed by atoms with Gasteiger partial charge in [0.15, 0.2) is 0 Å². The van der Waals surface area contributed by atoms with Crippen LogP contribution >= 0.6 is 11.3 Å². The third kappa shape index (κ3) is 4.06. The van der Waals surface area contributed by atoms with Crippen LogP contribution in [0.3, 0.4) is 0 Å². The van der Waals surface area contributed by atoms with E-state index in [1.165, 1.54) is 0 Å². The van der Waals surface area contributed by atoms with E-state index in [1.54, 1.807) is 11.3 Å². The van der Waals surface area contributed by atoms with Crippen LogP contribution in [0.1, 0.15) is 29.5 Å². The maximum Gasteiger partial charge on any atom is 0.249 e. The van der Waals surface area contributed by atoms with Gasteiger partial charge in [-0.15, -0.1) is 11.3 Å². The molecule has 0 saturated carbocycles. The third-order valence-electron chi connectivity index (χ3n) is 2.94. The predicted molar refractivity (Wildman–Crippen MR) is 75.7 cm³/mol. The minimum atomic E-state index is -0.286. The van der Waals surface area contributed by atoms with Crippen molar-refractivity contribution in [2.24, 2.45) is 5.73 Å². The molecular weight excluding hydrogens is 260 g/mol. The normalized spacial score (nSPS) is 21.8. The summed E-state index contributed by atoms with van der Waals surface area (Å²) in [6.45, 7) is 2.89. The summed E-state index contributed by atoms with van der Waals surface area (Å²) < 4.78 is 5.52. The Bertz CT molecular complexity index is 501. The molecule has 102 valence electrons. The summed E-state index contributed by atoms with van der Waals surface area (Å²) in [6.07, 6.45) is 1.67. The average molecular weight is 278 g/mol. The van der Waals surface area contributed by atoms with Gasteiger partial charge in [-0.25, -0.2) is 0 Å². The van der Waals surface area contributed by atoms with Crippen LogP contribution in [0.2, 0.25) is 0 Å². The van der Waals surface area contributed by atoms with Gasteiger partial charge >= 0.3 is 0 Å². The topological polar surface area (TPSA) is 64.4 Å². The molecule has 0 spiro atoms. The summed E-state index contributed by atoms with van der Waals surface area (Å²) in [7, 11) is 0. The van der Waals surface area contributed by atoms with Crippen molar-refractivity contribution in [3.63, 3.8) is 0 Å². The molecule has 0 radical (unpaired) electrons. The van der Waals surface area contributed by atoms with Crippen LogP contribution in [0, 0.1) is 11.8 Å². The molecule has 0 aromatic carbocycles. The molecule has 2 atom stereocenters. The van der Waals surface area contributed by atoms with Gasteiger partial charge in [-0.1, -0.05) is 11.8 Å². The highest BCUT2D eigenvalue weighted by Gasteiger charge is 2.27. The molecule has 1 aromatic rings. The molecule has 2 heterocycles. The summed E-state index contributed by atoms with van der Waals surface area (Å²) in [6, 6.07) is 3.92. The van der Waals surface area contributed by atoms with Gasteiger partial charge in [0, 0.05) is 4.88 Å². The van der Waals surface area contributed by atoms with Crippen molar-refractivity contribution in [1.82, 2.24) is 5.32 Å². The number of hydrogen-bond donors (Lipinski definition) is 2. The van der Waals surface area contributed by atoms with Crippen LogP contribution in [0.5, 0.6) is 0 Å². The zero-order valence-corrected chi connectivity index (χ0v) is 11.8. The second kappa shape index (κ2) is 6.71. The SMILES string of the molecule is CC1CCC(C(=O)NCc2ccc(C#CCN)s2)O1. The van der Waals surface area contributed by atoms with Gasteiger partial charge in [-0.2, -0.15) is 0 Å². The van der Waals surface area contributed by atoms with Crippen LogP contribution < -0.4 is 11.1 Å². The molecule has 1 aliphatic rings. The quantitative estimate of drug-likeness (QED) is 0.818. The molecule has 1 amide bonds. The van der Waals surface area contributed by atoms with Gasteiger partial charge in [0.2, 0.25) is 5.91 Å². The maximum absolute atomic E-state index is 11.9. The van der Waals surface area contributed by atoms with Crippen LogP contribution in [-0.4, -0.2) is 24.7 Å². The van der Waals surface area contributed by atoms with E-state index in [0.29, 0.717) is 13.1 Å². The first kappa shape index (κ1) is 14.1. The van der Waals surface area contributed by atoms with Gasteiger partial charge in [0.1, 0.15) is 6.10 Å². The predicted octanol–water partition coefficient (Wildman–Crippen LogP) is 1.24. The Morgan fingerprint density at radius 1 is 1.58 bits per heavy atom. The minimum Gasteiger partial charge on any atom is -0.365 e. The molecule has 1 saturated heterocycles. The van der Waals surface area contributed by atoms with Gasteiger partial charge in [0.05, 0.1) is 24.1 Å². The molecular formula is C14H18N2O2S. The first-order valence-electron chi connectivity index (χ1n) is 6.40. The Kier molecular flexibility index (Phi) is 4.97. The fourth-order valence-electron chi connectivity index (χ4n) is 1.96. The van der Waals surface area contributed by atoms with Crippen LogP contribution in [0.15, 0.2) is 12.1 Å². The zero-order chi connectivity index (χ0) is 13.7. The fraction of sp³-hybridized carbons (Fsp3) is 0.500. The van der Waals surface area contributed by atoms with Crippen LogP contribution in [-0.2, 0) is 16.1 Å². The average Bonchev–Trinajstić information content (AvgIpc) is 3.02. The fourth-order valence-corrected chi connectivity index (χ4v) is 2.78. The van der Waals surface area contributed by atoms with E-state index in [4.69, 9.17) is 10.5 Å². The highest BCUT2D eigenvalue weighted by molar-refractivity contribution is 7.12. The number of carbonyl (C=O) groups is 1. The molecule has 3 N–H and O–H groups in total. The number of thiophene rings is 1. The Morgan fingerprint density at radius 3 is 3.11 bits per heavy atom. The lowest BCUT2D eigenvalue weighted by Crippen LogP contribution is -2.33. The molecule has 1 aliphatic heterocycles. The first-order valence-corrected chi connectivity index (χ1v) is 7.21. The monoisotopic (exact) mass is 278 g/mol. The highest BCUT2D eigenvalue weighted by atomic mass is 32.1. The molecule has 0 aliphatic carbocycles. The van der Waals surface area contributed by atoms with E-state index < -0.39 is 0 Å². The second-order valence-corrected chi connectivity index (χ2v) is 5.67. The molecule has 4 nitrogen and oxygen atoms in total. The number of nitrogens with one attached hydrogen (secondary N) is 1. The number of rotatable bonds is 3. The van der Waals surface area contributed by atoms with Crippen LogP contribution in [0.25, 0.3) is 0 Å². The lowest BCUT2D eigenvalue weighted by Gasteiger charge is -2.10. The number of ether oxygens (including phenoxy) is 1. The van der Waals surface area contributed by atoms with Gasteiger partial charge in [-0.05, 0) is 31.9 Å². The second-order valence-electron chi connectivity index (χ2n) is 4.50. The van der Waals surface area contributed by atoms with Gasteiger partial charge in [0.25, 0.3) is 0 Å². The number of hydrogen-bond acceptors (Lipinski definition) is 4. The maximum atomic E-state index is 11.9. The van der Waals surface area contributed by atoms with Crippen molar-refractivity contribution in [2.45, 2.75) is 38.5 Å². The smallest absolute Gasteiger partial charge is 0.249 e. The molecule has 1 aromatic heterocycles. The Balaban J connectivity index is 1.82. The largest absolute Gasteiger partial charge is 0.365 e. The Hall–Kier alpha value is -1.35. The highest BCUT2D eigenvalue weighted by Crippen LogP contribution is 2.19. The summed E-state index contributed by atoms with van der Waals surface area (Å²) in [4.78, 5) is 13.9. The summed E-state index contributed by atoms with van der Waals surface area (Å²) in [5.74, 6) is 5.77. The van der Waals surface area contributed by atoms with Crippen molar-refractivity contribution in [3.05, 3.63) is 21.9 Å². The van der Waals surface area contributed by atoms with E-state index in [0.717, 1.165) is 22.6 Å². The first-order chi connectivity index (χ1) is 9.19. The van der Waals surface area contributed by atoms with E-state index in [-0.39, 0.29) is 18.1 Å². The summed E-state index contributed by atoms with van der Waals surface area (Å²) in [5.41, 5.74) is 5.32. The standard InChI is InChI=1S/C14H18N2O2S/c1-10-4-7-13(18-10)14(17)16-9-12-6-5-11(19-12)3-2-8-15/h5-6,10,13H,4,7-9,15H2,1H3,(H,16,17). The molecule has 5 heteroatoms. The van der Waals surface area contributed by atoms with E-state index in [2.05, 4.69) is 17.2 Å². The lowest BCUT2D eigenvalue weighted by atomic mass is 10.2. The van der Waals surface area contributed by atoms with Crippen molar-refractivity contribution in [2.75, 3.05) is 6.54 Å². The number of amides is 1. The summed E-state index contributed by atoms with van der Waals surface area (Å²) in [5, 5.41) is 2.90. The van der Waals surface area contributed by atoms with Gasteiger partial charge < -0.3 is 15.8 Å². The summed E-state index contributed by atoms with van der Waals surface area (Å²) >= 11 is 1.57. The zero-order valence-electron chi connectivity index (χ0n) is 10.9. The van der Waals surface area contributed by atoms with Crippen molar-refractivity contribution >= 4 is 17.2 Å². The Morgan fingerprint density at radius 2 is 2.42 bits per heavy atom. The van der Waals surface area contributed by atoms with E-state index in [9.17, 15) is 4.79 Å². The van der Waals surface area contributed by atoms with Crippen molar-refractivity contribution in [3.8, 4) is 11.8 Å². The molecule has 2 unspecified atom stereocenters.